The standard InChI is InChI=1S/C19H22ClN3O4S/c1-2-28(26,27)21-15-6-7-18(17(13-15)19(24)25)23-10-8-22(9-11-23)16-5-3-4-14(20)12-16/h3-7,12-13,21H,2,8-11H2,1H3,(H,24,25). The molecule has 0 atom stereocenters. The fourth-order valence-corrected chi connectivity index (χ4v) is 3.99. The fourth-order valence-electron chi connectivity index (χ4n) is 3.18. The number of nitrogens with zero attached hydrogens (tertiary/aromatic N) is 2. The van der Waals surface area contributed by atoms with Crippen molar-refractivity contribution in [1.82, 2.24) is 0 Å². The quantitative estimate of drug-likeness (QED) is 0.741. The highest BCUT2D eigenvalue weighted by Gasteiger charge is 2.22. The maximum atomic E-state index is 11.7. The van der Waals surface area contributed by atoms with Crippen molar-refractivity contribution < 1.29 is 18.3 Å². The third-order valence-corrected chi connectivity index (χ3v) is 6.22. The largest absolute Gasteiger partial charge is 0.478 e. The Hall–Kier alpha value is -2.45. The second kappa shape index (κ2) is 8.28. The molecule has 1 heterocycles. The number of carboxylic acid groups (broad SMARTS) is 1. The van der Waals surface area contributed by atoms with Crippen LogP contribution in [0.15, 0.2) is 42.5 Å². The summed E-state index contributed by atoms with van der Waals surface area (Å²) < 4.78 is 25.9. The first-order valence-electron chi connectivity index (χ1n) is 8.92. The van der Waals surface area contributed by atoms with Gasteiger partial charge < -0.3 is 14.9 Å². The van der Waals surface area contributed by atoms with E-state index in [1.807, 2.05) is 29.2 Å². The topological polar surface area (TPSA) is 90.0 Å². The molecular formula is C19H22ClN3O4S. The van der Waals surface area contributed by atoms with Crippen LogP contribution < -0.4 is 14.5 Å². The summed E-state index contributed by atoms with van der Waals surface area (Å²) in [5, 5.41) is 10.3. The second-order valence-electron chi connectivity index (χ2n) is 6.50. The van der Waals surface area contributed by atoms with E-state index in [2.05, 4.69) is 9.62 Å². The van der Waals surface area contributed by atoms with Crippen LogP contribution in [0.1, 0.15) is 17.3 Å². The summed E-state index contributed by atoms with van der Waals surface area (Å²) in [7, 11) is -3.47. The van der Waals surface area contributed by atoms with Gasteiger partial charge in [-0.05, 0) is 43.3 Å². The van der Waals surface area contributed by atoms with E-state index in [9.17, 15) is 18.3 Å². The summed E-state index contributed by atoms with van der Waals surface area (Å²) in [5.41, 5.74) is 1.95. The van der Waals surface area contributed by atoms with E-state index in [0.717, 1.165) is 18.8 Å². The van der Waals surface area contributed by atoms with E-state index in [4.69, 9.17) is 11.6 Å². The van der Waals surface area contributed by atoms with Gasteiger partial charge in [0.25, 0.3) is 0 Å². The molecule has 1 aliphatic heterocycles. The van der Waals surface area contributed by atoms with Gasteiger partial charge in [-0.25, -0.2) is 13.2 Å². The zero-order chi connectivity index (χ0) is 20.3. The van der Waals surface area contributed by atoms with Gasteiger partial charge in [-0.2, -0.15) is 0 Å². The molecule has 3 rings (SSSR count). The predicted octanol–water partition coefficient (Wildman–Crippen LogP) is 3.13. The van der Waals surface area contributed by atoms with Crippen LogP contribution in [0, 0.1) is 0 Å². The molecule has 1 fully saturated rings. The lowest BCUT2D eigenvalue weighted by atomic mass is 10.1. The Morgan fingerprint density at radius 3 is 2.39 bits per heavy atom. The average molecular weight is 424 g/mol. The molecule has 0 amide bonds. The van der Waals surface area contributed by atoms with Gasteiger partial charge in [0.2, 0.25) is 10.0 Å². The van der Waals surface area contributed by atoms with E-state index in [-0.39, 0.29) is 17.0 Å². The maximum absolute atomic E-state index is 11.7. The van der Waals surface area contributed by atoms with Crippen LogP contribution in [-0.2, 0) is 10.0 Å². The summed E-state index contributed by atoms with van der Waals surface area (Å²) in [6, 6.07) is 12.3. The molecule has 2 N–H and O–H groups in total. The number of carbonyl (C=O) groups is 1. The number of sulfonamides is 1. The monoisotopic (exact) mass is 423 g/mol. The number of anilines is 3. The van der Waals surface area contributed by atoms with Gasteiger partial charge in [-0.1, -0.05) is 17.7 Å². The number of hydrogen-bond acceptors (Lipinski definition) is 5. The number of halogens is 1. The predicted molar refractivity (Wildman–Crippen MR) is 112 cm³/mol. The number of benzene rings is 2. The third kappa shape index (κ3) is 4.69. The van der Waals surface area contributed by atoms with Gasteiger partial charge in [0, 0.05) is 42.6 Å². The number of rotatable bonds is 6. The molecule has 1 aliphatic rings. The van der Waals surface area contributed by atoms with E-state index in [1.165, 1.54) is 13.0 Å². The Kier molecular flexibility index (Phi) is 6.00. The minimum atomic E-state index is -3.47. The van der Waals surface area contributed by atoms with Crippen molar-refractivity contribution >= 4 is 44.7 Å². The number of aromatic carboxylic acids is 1. The first kappa shape index (κ1) is 20.3. The van der Waals surface area contributed by atoms with Gasteiger partial charge in [0.1, 0.15) is 0 Å². The van der Waals surface area contributed by atoms with Crippen LogP contribution in [0.5, 0.6) is 0 Å². The van der Waals surface area contributed by atoms with Crippen molar-refractivity contribution in [2.24, 2.45) is 0 Å². The lowest BCUT2D eigenvalue weighted by Crippen LogP contribution is -2.47. The minimum Gasteiger partial charge on any atom is -0.478 e. The molecular weight excluding hydrogens is 402 g/mol. The Balaban J connectivity index is 1.77. The molecule has 2 aromatic carbocycles. The van der Waals surface area contributed by atoms with Crippen LogP contribution >= 0.6 is 11.6 Å². The van der Waals surface area contributed by atoms with Crippen LogP contribution in [0.3, 0.4) is 0 Å². The van der Waals surface area contributed by atoms with Crippen molar-refractivity contribution in [2.75, 3.05) is 46.5 Å². The highest BCUT2D eigenvalue weighted by atomic mass is 35.5. The lowest BCUT2D eigenvalue weighted by molar-refractivity contribution is 0.0697. The third-order valence-electron chi connectivity index (χ3n) is 4.67. The van der Waals surface area contributed by atoms with Crippen molar-refractivity contribution in [3.05, 3.63) is 53.1 Å². The first-order valence-corrected chi connectivity index (χ1v) is 11.0. The van der Waals surface area contributed by atoms with Crippen LogP contribution in [0.25, 0.3) is 0 Å². The van der Waals surface area contributed by atoms with Crippen molar-refractivity contribution in [3.63, 3.8) is 0 Å². The van der Waals surface area contributed by atoms with Crippen molar-refractivity contribution in [2.45, 2.75) is 6.92 Å². The lowest BCUT2D eigenvalue weighted by Gasteiger charge is -2.38. The summed E-state index contributed by atoms with van der Waals surface area (Å²) in [5.74, 6) is -1.17. The molecule has 0 aliphatic carbocycles. The SMILES string of the molecule is CCS(=O)(=O)Nc1ccc(N2CCN(c3cccc(Cl)c3)CC2)c(C(=O)O)c1. The van der Waals surface area contributed by atoms with Gasteiger partial charge in [0.05, 0.1) is 17.0 Å². The van der Waals surface area contributed by atoms with E-state index in [0.29, 0.717) is 23.8 Å². The van der Waals surface area contributed by atoms with Crippen LogP contribution in [0.2, 0.25) is 5.02 Å². The van der Waals surface area contributed by atoms with E-state index >= 15 is 0 Å². The summed E-state index contributed by atoms with van der Waals surface area (Å²) in [4.78, 5) is 15.9. The maximum Gasteiger partial charge on any atom is 0.337 e. The zero-order valence-electron chi connectivity index (χ0n) is 15.4. The fraction of sp³-hybridized carbons (Fsp3) is 0.316. The van der Waals surface area contributed by atoms with Gasteiger partial charge in [-0.15, -0.1) is 0 Å². The molecule has 2 aromatic rings. The Morgan fingerprint density at radius 1 is 1.11 bits per heavy atom. The molecule has 0 unspecified atom stereocenters. The number of hydrogen-bond donors (Lipinski definition) is 2. The molecule has 28 heavy (non-hydrogen) atoms. The number of carboxylic acids is 1. The highest BCUT2D eigenvalue weighted by Crippen LogP contribution is 2.28. The molecule has 150 valence electrons. The average Bonchev–Trinajstić information content (AvgIpc) is 2.68. The molecule has 0 radical (unpaired) electrons. The minimum absolute atomic E-state index is 0.0764. The Morgan fingerprint density at radius 2 is 1.79 bits per heavy atom. The molecule has 0 aromatic heterocycles. The molecule has 9 heteroatoms. The van der Waals surface area contributed by atoms with E-state index < -0.39 is 16.0 Å². The normalized spacial score (nSPS) is 14.8. The molecule has 0 bridgehead atoms. The van der Waals surface area contributed by atoms with Gasteiger partial charge in [0.15, 0.2) is 0 Å². The first-order chi connectivity index (χ1) is 13.3. The Labute approximate surface area is 169 Å². The summed E-state index contributed by atoms with van der Waals surface area (Å²) in [6.07, 6.45) is 0. The number of piperazine rings is 1. The van der Waals surface area contributed by atoms with Crippen LogP contribution in [-0.4, -0.2) is 51.4 Å². The van der Waals surface area contributed by atoms with E-state index in [1.54, 1.807) is 12.1 Å². The summed E-state index contributed by atoms with van der Waals surface area (Å²) in [6.45, 7) is 4.26. The van der Waals surface area contributed by atoms with Crippen LogP contribution in [0.4, 0.5) is 17.1 Å². The zero-order valence-corrected chi connectivity index (χ0v) is 17.0. The molecule has 0 spiro atoms. The molecule has 1 saturated heterocycles. The van der Waals surface area contributed by atoms with Crippen molar-refractivity contribution in [3.8, 4) is 0 Å². The smallest absolute Gasteiger partial charge is 0.337 e. The van der Waals surface area contributed by atoms with Crippen molar-refractivity contribution in [1.29, 1.82) is 0 Å². The van der Waals surface area contributed by atoms with Gasteiger partial charge >= 0.3 is 5.97 Å². The molecule has 0 saturated carbocycles. The molecule has 7 nitrogen and oxygen atoms in total. The second-order valence-corrected chi connectivity index (χ2v) is 8.94. The number of nitrogens with one attached hydrogen (secondary N) is 1. The highest BCUT2D eigenvalue weighted by molar-refractivity contribution is 7.92. The van der Waals surface area contributed by atoms with Gasteiger partial charge in [-0.3, -0.25) is 4.72 Å². The Bertz CT molecular complexity index is 973. The summed E-state index contributed by atoms with van der Waals surface area (Å²) >= 11 is 6.06.